The molecule has 0 amide bonds. The topological polar surface area (TPSA) is 12.0 Å². The van der Waals surface area contributed by atoms with E-state index in [0.29, 0.717) is 10.6 Å². The maximum atomic E-state index is 12.6. The molecule has 1 atom stereocenters. The first-order valence-electron chi connectivity index (χ1n) is 4.36. The van der Waals surface area contributed by atoms with Crippen LogP contribution < -0.4 is 5.32 Å². The number of hydrogen-bond acceptors (Lipinski definition) is 1. The fourth-order valence-corrected chi connectivity index (χ4v) is 1.60. The van der Waals surface area contributed by atoms with Gasteiger partial charge in [-0.25, -0.2) is 0 Å². The van der Waals surface area contributed by atoms with Gasteiger partial charge in [0.2, 0.25) is 0 Å². The fourth-order valence-electron chi connectivity index (χ4n) is 1.42. The van der Waals surface area contributed by atoms with Crippen LogP contribution in [0.3, 0.4) is 0 Å². The second-order valence-electron chi connectivity index (χ2n) is 3.26. The van der Waals surface area contributed by atoms with E-state index in [1.54, 1.807) is 19.1 Å². The quantitative estimate of drug-likeness (QED) is 0.831. The molecule has 0 fully saturated rings. The molecule has 0 heterocycles. The van der Waals surface area contributed by atoms with Gasteiger partial charge in [-0.1, -0.05) is 17.7 Å². The zero-order valence-electron chi connectivity index (χ0n) is 8.32. The maximum Gasteiger partial charge on any atom is 0.407 e. The highest BCUT2D eigenvalue weighted by Crippen LogP contribution is 2.34. The summed E-state index contributed by atoms with van der Waals surface area (Å²) in [5.74, 6) is 0. The Morgan fingerprint density at radius 1 is 1.33 bits per heavy atom. The Labute approximate surface area is 91.2 Å². The van der Waals surface area contributed by atoms with Crippen LogP contribution in [0.4, 0.5) is 13.2 Å². The van der Waals surface area contributed by atoms with E-state index in [1.165, 1.54) is 13.1 Å². The SMILES string of the molecule is CNC(c1cc(Cl)ccc1C)C(F)(F)F. The summed E-state index contributed by atoms with van der Waals surface area (Å²) in [6.45, 7) is 1.63. The molecule has 1 unspecified atom stereocenters. The number of halogens is 4. The normalized spacial score (nSPS) is 14.0. The summed E-state index contributed by atoms with van der Waals surface area (Å²) in [7, 11) is 1.28. The molecule has 0 aliphatic heterocycles. The fraction of sp³-hybridized carbons (Fsp3) is 0.400. The van der Waals surface area contributed by atoms with Gasteiger partial charge in [0.25, 0.3) is 0 Å². The van der Waals surface area contributed by atoms with Gasteiger partial charge < -0.3 is 5.32 Å². The molecule has 84 valence electrons. The molecule has 0 aromatic heterocycles. The van der Waals surface area contributed by atoms with Crippen LogP contribution >= 0.6 is 11.6 Å². The van der Waals surface area contributed by atoms with E-state index in [1.807, 2.05) is 0 Å². The summed E-state index contributed by atoms with van der Waals surface area (Å²) in [5.41, 5.74) is 0.730. The van der Waals surface area contributed by atoms with Crippen LogP contribution in [0.1, 0.15) is 17.2 Å². The minimum atomic E-state index is -4.32. The number of nitrogens with one attached hydrogen (secondary N) is 1. The summed E-state index contributed by atoms with van der Waals surface area (Å²) in [5, 5.41) is 2.55. The van der Waals surface area contributed by atoms with Crippen molar-refractivity contribution in [2.24, 2.45) is 0 Å². The molecule has 1 aromatic carbocycles. The van der Waals surface area contributed by atoms with Gasteiger partial charge in [0.1, 0.15) is 6.04 Å². The Morgan fingerprint density at radius 2 is 1.93 bits per heavy atom. The largest absolute Gasteiger partial charge is 0.407 e. The van der Waals surface area contributed by atoms with Crippen LogP contribution in [-0.2, 0) is 0 Å². The molecular weight excluding hydrogens is 227 g/mol. The molecule has 0 radical (unpaired) electrons. The van der Waals surface area contributed by atoms with Crippen molar-refractivity contribution in [3.8, 4) is 0 Å². The minimum Gasteiger partial charge on any atom is -0.306 e. The molecule has 0 aliphatic rings. The molecule has 1 rings (SSSR count). The van der Waals surface area contributed by atoms with Gasteiger partial charge in [0.05, 0.1) is 0 Å². The molecule has 1 N–H and O–H groups in total. The summed E-state index contributed by atoms with van der Waals surface area (Å²) < 4.78 is 37.8. The lowest BCUT2D eigenvalue weighted by molar-refractivity contribution is -0.156. The highest BCUT2D eigenvalue weighted by Gasteiger charge is 2.40. The average molecular weight is 238 g/mol. The van der Waals surface area contributed by atoms with Gasteiger partial charge in [0.15, 0.2) is 0 Å². The van der Waals surface area contributed by atoms with E-state index < -0.39 is 12.2 Å². The highest BCUT2D eigenvalue weighted by molar-refractivity contribution is 6.30. The summed E-state index contributed by atoms with van der Waals surface area (Å²) in [6.07, 6.45) is -4.32. The van der Waals surface area contributed by atoms with Crippen molar-refractivity contribution < 1.29 is 13.2 Å². The van der Waals surface area contributed by atoms with Crippen molar-refractivity contribution in [3.05, 3.63) is 34.3 Å². The van der Waals surface area contributed by atoms with Crippen molar-refractivity contribution in [1.29, 1.82) is 0 Å². The van der Waals surface area contributed by atoms with Gasteiger partial charge >= 0.3 is 6.18 Å². The van der Waals surface area contributed by atoms with Crippen LogP contribution in [0.2, 0.25) is 5.02 Å². The zero-order chi connectivity index (χ0) is 11.6. The van der Waals surface area contributed by atoms with Crippen LogP contribution in [0, 0.1) is 6.92 Å². The van der Waals surface area contributed by atoms with Gasteiger partial charge in [-0.05, 0) is 37.2 Å². The molecule has 0 saturated heterocycles. The first kappa shape index (κ1) is 12.3. The molecule has 5 heteroatoms. The summed E-state index contributed by atoms with van der Waals surface area (Å²) in [6, 6.07) is 2.82. The smallest absolute Gasteiger partial charge is 0.306 e. The van der Waals surface area contributed by atoms with Gasteiger partial charge in [-0.2, -0.15) is 13.2 Å². The Morgan fingerprint density at radius 3 is 2.40 bits per heavy atom. The third kappa shape index (κ3) is 2.86. The predicted octanol–water partition coefficient (Wildman–Crippen LogP) is 3.47. The van der Waals surface area contributed by atoms with E-state index in [0.717, 1.165) is 0 Å². The molecule has 1 aromatic rings. The highest BCUT2D eigenvalue weighted by atomic mass is 35.5. The van der Waals surface area contributed by atoms with E-state index in [2.05, 4.69) is 5.32 Å². The summed E-state index contributed by atoms with van der Waals surface area (Å²) >= 11 is 5.67. The second kappa shape index (κ2) is 4.41. The molecule has 0 aliphatic carbocycles. The van der Waals surface area contributed by atoms with Crippen molar-refractivity contribution in [2.75, 3.05) is 7.05 Å². The van der Waals surface area contributed by atoms with Gasteiger partial charge in [-0.3, -0.25) is 0 Å². The number of benzene rings is 1. The lowest BCUT2D eigenvalue weighted by Gasteiger charge is -2.21. The van der Waals surface area contributed by atoms with Crippen LogP contribution in [0.15, 0.2) is 18.2 Å². The van der Waals surface area contributed by atoms with E-state index in [9.17, 15) is 13.2 Å². The predicted molar refractivity (Wildman–Crippen MR) is 54.0 cm³/mol. The number of rotatable bonds is 2. The Kier molecular flexibility index (Phi) is 3.62. The van der Waals surface area contributed by atoms with Crippen LogP contribution in [-0.4, -0.2) is 13.2 Å². The van der Waals surface area contributed by atoms with Crippen molar-refractivity contribution in [2.45, 2.75) is 19.1 Å². The maximum absolute atomic E-state index is 12.6. The second-order valence-corrected chi connectivity index (χ2v) is 3.70. The van der Waals surface area contributed by atoms with E-state index in [4.69, 9.17) is 11.6 Å². The average Bonchev–Trinajstić information content (AvgIpc) is 2.10. The Bertz CT molecular complexity index is 349. The van der Waals surface area contributed by atoms with Crippen molar-refractivity contribution in [1.82, 2.24) is 5.32 Å². The molecule has 0 spiro atoms. The standard InChI is InChI=1S/C10H11ClF3N/c1-6-3-4-7(11)5-8(6)9(15-2)10(12,13)14/h3-5,9,15H,1-2H3. The van der Waals surface area contributed by atoms with Gasteiger partial charge in [-0.15, -0.1) is 0 Å². The zero-order valence-corrected chi connectivity index (χ0v) is 9.08. The first-order chi connectivity index (χ1) is 6.86. The molecule has 0 saturated carbocycles. The minimum absolute atomic E-state index is 0.164. The van der Waals surface area contributed by atoms with E-state index in [-0.39, 0.29) is 5.56 Å². The Balaban J connectivity index is 3.18. The van der Waals surface area contributed by atoms with Crippen molar-refractivity contribution >= 4 is 11.6 Å². The van der Waals surface area contributed by atoms with Gasteiger partial charge in [0, 0.05) is 5.02 Å². The summed E-state index contributed by atoms with van der Waals surface area (Å²) in [4.78, 5) is 0. The third-order valence-electron chi connectivity index (χ3n) is 2.17. The lowest BCUT2D eigenvalue weighted by Crippen LogP contribution is -2.32. The molecule has 0 bridgehead atoms. The molecule has 1 nitrogen and oxygen atoms in total. The third-order valence-corrected chi connectivity index (χ3v) is 2.40. The molecular formula is C10H11ClF3N. The number of aryl methyl sites for hydroxylation is 1. The lowest BCUT2D eigenvalue weighted by atomic mass is 10.0. The van der Waals surface area contributed by atoms with Crippen LogP contribution in [0.25, 0.3) is 0 Å². The monoisotopic (exact) mass is 237 g/mol. The number of alkyl halides is 3. The van der Waals surface area contributed by atoms with Crippen LogP contribution in [0.5, 0.6) is 0 Å². The van der Waals surface area contributed by atoms with Crippen molar-refractivity contribution in [3.63, 3.8) is 0 Å². The van der Waals surface area contributed by atoms with E-state index >= 15 is 0 Å². The first-order valence-corrected chi connectivity index (χ1v) is 4.74. The molecule has 15 heavy (non-hydrogen) atoms. The number of hydrogen-bond donors (Lipinski definition) is 1. The Hall–Kier alpha value is -0.740.